The standard InChI is InChI=1S/C12H17N3O3/c1-2-3-9-18-12(17)15-14-11(16)13-10-7-5-4-6-8-10/h4-8H,2-3,9H2,1H3,(H,15,17)(H2,13,14,16). The predicted octanol–water partition coefficient (Wildman–Crippen LogP) is 2.25. The van der Waals surface area contributed by atoms with Crippen molar-refractivity contribution in [1.82, 2.24) is 10.9 Å². The Hall–Kier alpha value is -2.24. The van der Waals surface area contributed by atoms with Gasteiger partial charge in [0.25, 0.3) is 0 Å². The van der Waals surface area contributed by atoms with Crippen LogP contribution in [0, 0.1) is 0 Å². The first-order valence-electron chi connectivity index (χ1n) is 5.77. The summed E-state index contributed by atoms with van der Waals surface area (Å²) >= 11 is 0. The Balaban J connectivity index is 2.19. The Morgan fingerprint density at radius 3 is 2.56 bits per heavy atom. The van der Waals surface area contributed by atoms with Gasteiger partial charge in [0.05, 0.1) is 6.61 Å². The molecule has 0 bridgehead atoms. The molecular weight excluding hydrogens is 234 g/mol. The van der Waals surface area contributed by atoms with E-state index in [1.54, 1.807) is 24.3 Å². The van der Waals surface area contributed by atoms with Gasteiger partial charge in [-0.1, -0.05) is 31.5 Å². The van der Waals surface area contributed by atoms with Crippen LogP contribution in [0.4, 0.5) is 15.3 Å². The van der Waals surface area contributed by atoms with Gasteiger partial charge < -0.3 is 10.1 Å². The Labute approximate surface area is 106 Å². The molecule has 1 aromatic rings. The van der Waals surface area contributed by atoms with E-state index in [9.17, 15) is 9.59 Å². The fraction of sp³-hybridized carbons (Fsp3) is 0.333. The number of amides is 3. The van der Waals surface area contributed by atoms with E-state index in [2.05, 4.69) is 16.2 Å². The lowest BCUT2D eigenvalue weighted by Gasteiger charge is -2.09. The lowest BCUT2D eigenvalue weighted by atomic mass is 10.3. The van der Waals surface area contributed by atoms with Crippen LogP contribution in [0.2, 0.25) is 0 Å². The van der Waals surface area contributed by atoms with E-state index in [-0.39, 0.29) is 0 Å². The third-order valence-electron chi connectivity index (χ3n) is 2.04. The maximum absolute atomic E-state index is 11.4. The second-order valence-electron chi connectivity index (χ2n) is 3.56. The summed E-state index contributed by atoms with van der Waals surface area (Å²) in [7, 11) is 0. The van der Waals surface area contributed by atoms with Crippen LogP contribution in [-0.2, 0) is 4.74 Å². The fourth-order valence-electron chi connectivity index (χ4n) is 1.14. The second-order valence-corrected chi connectivity index (χ2v) is 3.56. The molecule has 0 unspecified atom stereocenters. The molecule has 98 valence electrons. The molecule has 3 amide bonds. The molecule has 6 heteroatoms. The number of unbranched alkanes of at least 4 members (excludes halogenated alkanes) is 1. The largest absolute Gasteiger partial charge is 0.448 e. The summed E-state index contributed by atoms with van der Waals surface area (Å²) in [6.07, 6.45) is 1.06. The van der Waals surface area contributed by atoms with Crippen LogP contribution >= 0.6 is 0 Å². The monoisotopic (exact) mass is 251 g/mol. The highest BCUT2D eigenvalue weighted by molar-refractivity contribution is 5.90. The summed E-state index contributed by atoms with van der Waals surface area (Å²) in [5.41, 5.74) is 4.96. The molecular formula is C12H17N3O3. The summed E-state index contributed by atoms with van der Waals surface area (Å²) < 4.78 is 4.79. The van der Waals surface area contributed by atoms with E-state index in [4.69, 9.17) is 4.74 Å². The number of hydrogen-bond donors (Lipinski definition) is 3. The van der Waals surface area contributed by atoms with Crippen LogP contribution in [0.3, 0.4) is 0 Å². The summed E-state index contributed by atoms with van der Waals surface area (Å²) in [6.45, 7) is 2.33. The van der Waals surface area contributed by atoms with Gasteiger partial charge in [0.2, 0.25) is 0 Å². The van der Waals surface area contributed by atoms with Crippen molar-refractivity contribution in [3.05, 3.63) is 30.3 Å². The van der Waals surface area contributed by atoms with Gasteiger partial charge in [-0.2, -0.15) is 0 Å². The zero-order valence-electron chi connectivity index (χ0n) is 10.2. The molecule has 0 atom stereocenters. The maximum atomic E-state index is 11.4. The van der Waals surface area contributed by atoms with Crippen molar-refractivity contribution in [1.29, 1.82) is 0 Å². The molecule has 0 spiro atoms. The van der Waals surface area contributed by atoms with Crippen LogP contribution in [0.25, 0.3) is 0 Å². The minimum atomic E-state index is -0.674. The van der Waals surface area contributed by atoms with Gasteiger partial charge >= 0.3 is 12.1 Å². The second kappa shape index (κ2) is 7.94. The number of urea groups is 1. The minimum Gasteiger partial charge on any atom is -0.448 e. The van der Waals surface area contributed by atoms with Gasteiger partial charge in [0, 0.05) is 5.69 Å². The van der Waals surface area contributed by atoms with Crippen molar-refractivity contribution >= 4 is 17.8 Å². The Morgan fingerprint density at radius 1 is 1.17 bits per heavy atom. The number of carbonyl (C=O) groups is 2. The lowest BCUT2D eigenvalue weighted by Crippen LogP contribution is -2.44. The van der Waals surface area contributed by atoms with E-state index in [0.29, 0.717) is 12.3 Å². The van der Waals surface area contributed by atoms with E-state index < -0.39 is 12.1 Å². The summed E-state index contributed by atoms with van der Waals surface area (Å²) in [4.78, 5) is 22.5. The first kappa shape index (κ1) is 13.8. The van der Waals surface area contributed by atoms with Crippen LogP contribution in [-0.4, -0.2) is 18.7 Å². The molecule has 1 aromatic carbocycles. The molecule has 0 aliphatic heterocycles. The number of hydrogen-bond acceptors (Lipinski definition) is 3. The third kappa shape index (κ3) is 5.74. The molecule has 0 aliphatic rings. The van der Waals surface area contributed by atoms with Crippen molar-refractivity contribution in [2.45, 2.75) is 19.8 Å². The number of nitrogens with one attached hydrogen (secondary N) is 3. The quantitative estimate of drug-likeness (QED) is 0.567. The molecule has 0 aliphatic carbocycles. The zero-order valence-corrected chi connectivity index (χ0v) is 10.2. The van der Waals surface area contributed by atoms with Crippen molar-refractivity contribution in [3.63, 3.8) is 0 Å². The van der Waals surface area contributed by atoms with Gasteiger partial charge in [-0.25, -0.2) is 20.4 Å². The van der Waals surface area contributed by atoms with Crippen LogP contribution in [0.15, 0.2) is 30.3 Å². The number of ether oxygens (including phenoxy) is 1. The molecule has 3 N–H and O–H groups in total. The van der Waals surface area contributed by atoms with Crippen molar-refractivity contribution in [2.75, 3.05) is 11.9 Å². The Morgan fingerprint density at radius 2 is 1.89 bits per heavy atom. The first-order chi connectivity index (χ1) is 8.72. The number of benzene rings is 1. The van der Waals surface area contributed by atoms with Crippen molar-refractivity contribution in [3.8, 4) is 0 Å². The van der Waals surface area contributed by atoms with Gasteiger partial charge in [-0.3, -0.25) is 0 Å². The number of carbonyl (C=O) groups excluding carboxylic acids is 2. The average molecular weight is 251 g/mol. The number of para-hydroxylation sites is 1. The molecule has 0 fully saturated rings. The summed E-state index contributed by atoms with van der Waals surface area (Å²) in [5.74, 6) is 0. The van der Waals surface area contributed by atoms with E-state index in [1.165, 1.54) is 0 Å². The zero-order chi connectivity index (χ0) is 13.2. The summed E-state index contributed by atoms with van der Waals surface area (Å²) in [6, 6.07) is 8.36. The van der Waals surface area contributed by atoms with Crippen molar-refractivity contribution < 1.29 is 14.3 Å². The van der Waals surface area contributed by atoms with E-state index in [1.807, 2.05) is 13.0 Å². The minimum absolute atomic E-state index is 0.338. The Bertz CT molecular complexity index is 381. The molecule has 0 radical (unpaired) electrons. The molecule has 0 saturated heterocycles. The highest BCUT2D eigenvalue weighted by atomic mass is 16.6. The van der Waals surface area contributed by atoms with Crippen LogP contribution in [0.1, 0.15) is 19.8 Å². The number of anilines is 1. The topological polar surface area (TPSA) is 79.5 Å². The molecule has 6 nitrogen and oxygen atoms in total. The normalized spacial score (nSPS) is 9.39. The third-order valence-corrected chi connectivity index (χ3v) is 2.04. The van der Waals surface area contributed by atoms with Crippen LogP contribution in [0.5, 0.6) is 0 Å². The molecule has 1 rings (SSSR count). The fourth-order valence-corrected chi connectivity index (χ4v) is 1.14. The lowest BCUT2D eigenvalue weighted by molar-refractivity contribution is 0.140. The van der Waals surface area contributed by atoms with Gasteiger partial charge in [-0.05, 0) is 18.6 Å². The number of rotatable bonds is 4. The van der Waals surface area contributed by atoms with E-state index >= 15 is 0 Å². The molecule has 0 aromatic heterocycles. The molecule has 18 heavy (non-hydrogen) atoms. The smallest absolute Gasteiger partial charge is 0.426 e. The molecule has 0 heterocycles. The van der Waals surface area contributed by atoms with E-state index in [0.717, 1.165) is 12.8 Å². The Kier molecular flexibility index (Phi) is 6.10. The predicted molar refractivity (Wildman–Crippen MR) is 68.0 cm³/mol. The summed E-state index contributed by atoms with van der Waals surface area (Å²) in [5, 5.41) is 2.54. The van der Waals surface area contributed by atoms with Gasteiger partial charge in [0.1, 0.15) is 0 Å². The molecule has 0 saturated carbocycles. The van der Waals surface area contributed by atoms with Gasteiger partial charge in [-0.15, -0.1) is 0 Å². The van der Waals surface area contributed by atoms with Gasteiger partial charge in [0.15, 0.2) is 0 Å². The van der Waals surface area contributed by atoms with Crippen molar-refractivity contribution in [2.24, 2.45) is 0 Å². The average Bonchev–Trinajstić information content (AvgIpc) is 2.38. The highest BCUT2D eigenvalue weighted by Crippen LogP contribution is 2.03. The SMILES string of the molecule is CCCCOC(=O)NNC(=O)Nc1ccccc1. The number of hydrazine groups is 1. The van der Waals surface area contributed by atoms with Crippen LogP contribution < -0.4 is 16.2 Å². The first-order valence-corrected chi connectivity index (χ1v) is 5.77. The highest BCUT2D eigenvalue weighted by Gasteiger charge is 2.04. The maximum Gasteiger partial charge on any atom is 0.426 e.